The van der Waals surface area contributed by atoms with Crippen LogP contribution in [0.3, 0.4) is 0 Å². The molecule has 1 aromatic heterocycles. The van der Waals surface area contributed by atoms with Crippen LogP contribution < -0.4 is 15.1 Å². The fraction of sp³-hybridized carbons (Fsp3) is 0.143. The van der Waals surface area contributed by atoms with Crippen molar-refractivity contribution in [3.8, 4) is 17.2 Å². The Bertz CT molecular complexity index is 1070. The lowest BCUT2D eigenvalue weighted by molar-refractivity contribution is -0.127. The van der Waals surface area contributed by atoms with Crippen molar-refractivity contribution in [1.82, 2.24) is 4.98 Å². The number of hydrogen-bond acceptors (Lipinski definition) is 6. The minimum absolute atomic E-state index is 0.408. The number of nitrogens with zero attached hydrogens (tertiary/aromatic N) is 3. The SMILES string of the molecule is COc1ccc(N2N=C(C)C(C(=O)Nc3cccc(-c4ncco4)c3)C2=O)cc1. The van der Waals surface area contributed by atoms with Gasteiger partial charge in [0.25, 0.3) is 5.91 Å². The van der Waals surface area contributed by atoms with Crippen molar-refractivity contribution in [2.45, 2.75) is 6.92 Å². The number of oxazole rings is 1. The zero-order valence-electron chi connectivity index (χ0n) is 15.8. The van der Waals surface area contributed by atoms with Crippen LogP contribution in [-0.2, 0) is 9.59 Å². The van der Waals surface area contributed by atoms with Crippen LogP contribution in [0.2, 0.25) is 0 Å². The van der Waals surface area contributed by atoms with Gasteiger partial charge in [0.05, 0.1) is 24.7 Å². The molecule has 3 aromatic rings. The summed E-state index contributed by atoms with van der Waals surface area (Å²) in [5.41, 5.74) is 2.24. The molecule has 2 aromatic carbocycles. The maximum absolute atomic E-state index is 12.9. The molecule has 0 aliphatic carbocycles. The normalized spacial score (nSPS) is 15.9. The van der Waals surface area contributed by atoms with E-state index in [4.69, 9.17) is 9.15 Å². The standard InChI is InChI=1S/C21H18N4O4/c1-13-18(21(27)25(24-13)16-6-8-17(28-2)9-7-16)19(26)23-15-5-3-4-14(12-15)20-22-10-11-29-20/h3-12,18H,1-2H3,(H,23,26). The highest BCUT2D eigenvalue weighted by atomic mass is 16.5. The molecule has 1 aliphatic heterocycles. The zero-order chi connectivity index (χ0) is 20.4. The van der Waals surface area contributed by atoms with Gasteiger partial charge in [0.2, 0.25) is 11.8 Å². The Hall–Kier alpha value is -3.94. The molecule has 0 saturated carbocycles. The van der Waals surface area contributed by atoms with Gasteiger partial charge in [0.15, 0.2) is 5.92 Å². The Kier molecular flexibility index (Phi) is 4.82. The highest BCUT2D eigenvalue weighted by Gasteiger charge is 2.39. The van der Waals surface area contributed by atoms with Crippen molar-refractivity contribution in [3.05, 3.63) is 61.0 Å². The van der Waals surface area contributed by atoms with Gasteiger partial charge in [-0.25, -0.2) is 4.98 Å². The number of methoxy groups -OCH3 is 1. The summed E-state index contributed by atoms with van der Waals surface area (Å²) in [4.78, 5) is 29.8. The average Bonchev–Trinajstić information content (AvgIpc) is 3.36. The van der Waals surface area contributed by atoms with Crippen molar-refractivity contribution in [2.24, 2.45) is 11.0 Å². The maximum atomic E-state index is 12.9. The van der Waals surface area contributed by atoms with E-state index < -0.39 is 17.7 Å². The Balaban J connectivity index is 1.51. The zero-order valence-corrected chi connectivity index (χ0v) is 15.8. The molecule has 29 heavy (non-hydrogen) atoms. The van der Waals surface area contributed by atoms with E-state index in [1.54, 1.807) is 62.7 Å². The van der Waals surface area contributed by atoms with Crippen molar-refractivity contribution in [1.29, 1.82) is 0 Å². The van der Waals surface area contributed by atoms with Crippen LogP contribution in [0.4, 0.5) is 11.4 Å². The number of rotatable bonds is 5. The van der Waals surface area contributed by atoms with Gasteiger partial charge in [-0.15, -0.1) is 0 Å². The first-order chi connectivity index (χ1) is 14.1. The first-order valence-electron chi connectivity index (χ1n) is 8.91. The molecular formula is C21H18N4O4. The molecule has 8 nitrogen and oxygen atoms in total. The molecule has 2 heterocycles. The smallest absolute Gasteiger partial charge is 0.265 e. The molecule has 2 amide bonds. The number of hydrogen-bond donors (Lipinski definition) is 1. The Morgan fingerprint density at radius 2 is 2.00 bits per heavy atom. The number of carbonyl (C=O) groups is 2. The molecule has 0 bridgehead atoms. The van der Waals surface area contributed by atoms with E-state index in [1.807, 2.05) is 6.07 Å². The lowest BCUT2D eigenvalue weighted by Gasteiger charge is -2.15. The van der Waals surface area contributed by atoms with E-state index in [2.05, 4.69) is 15.4 Å². The summed E-state index contributed by atoms with van der Waals surface area (Å²) in [6.07, 6.45) is 3.02. The second-order valence-electron chi connectivity index (χ2n) is 6.43. The third kappa shape index (κ3) is 3.60. The van der Waals surface area contributed by atoms with Gasteiger partial charge >= 0.3 is 0 Å². The molecule has 0 fully saturated rings. The number of ether oxygens (including phenoxy) is 1. The molecule has 0 radical (unpaired) electrons. The summed E-state index contributed by atoms with van der Waals surface area (Å²) in [7, 11) is 1.57. The van der Waals surface area contributed by atoms with Crippen molar-refractivity contribution in [3.63, 3.8) is 0 Å². The summed E-state index contributed by atoms with van der Waals surface area (Å²) in [6.45, 7) is 1.66. The van der Waals surface area contributed by atoms with Crippen LogP contribution in [0.1, 0.15) is 6.92 Å². The number of anilines is 2. The minimum Gasteiger partial charge on any atom is -0.497 e. The maximum Gasteiger partial charge on any atom is 0.265 e. The van der Waals surface area contributed by atoms with Gasteiger partial charge in [-0.2, -0.15) is 10.1 Å². The fourth-order valence-corrected chi connectivity index (χ4v) is 3.09. The molecule has 1 atom stereocenters. The van der Waals surface area contributed by atoms with Gasteiger partial charge < -0.3 is 14.5 Å². The molecule has 0 spiro atoms. The molecule has 1 aliphatic rings. The van der Waals surface area contributed by atoms with Crippen molar-refractivity contribution < 1.29 is 18.7 Å². The first kappa shape index (κ1) is 18.4. The van der Waals surface area contributed by atoms with E-state index in [9.17, 15) is 9.59 Å². The van der Waals surface area contributed by atoms with E-state index in [1.165, 1.54) is 11.3 Å². The molecule has 1 N–H and O–H groups in total. The highest BCUT2D eigenvalue weighted by molar-refractivity contribution is 6.28. The van der Waals surface area contributed by atoms with Gasteiger partial charge in [-0.1, -0.05) is 6.07 Å². The molecule has 4 rings (SSSR count). The number of benzene rings is 2. The topological polar surface area (TPSA) is 97.0 Å². The molecule has 1 unspecified atom stereocenters. The number of hydrazone groups is 1. The van der Waals surface area contributed by atoms with Crippen LogP contribution in [-0.4, -0.2) is 29.6 Å². The third-order valence-corrected chi connectivity index (χ3v) is 4.52. The van der Waals surface area contributed by atoms with Gasteiger partial charge in [-0.3, -0.25) is 9.59 Å². The minimum atomic E-state index is -0.998. The Labute approximate surface area is 166 Å². The molecular weight excluding hydrogens is 372 g/mol. The van der Waals surface area contributed by atoms with Crippen LogP contribution in [0.15, 0.2) is 70.5 Å². The molecule has 8 heteroatoms. The second kappa shape index (κ2) is 7.59. The lowest BCUT2D eigenvalue weighted by Crippen LogP contribution is -2.36. The van der Waals surface area contributed by atoms with Crippen molar-refractivity contribution in [2.75, 3.05) is 17.4 Å². The molecule has 146 valence electrons. The number of aromatic nitrogens is 1. The summed E-state index contributed by atoms with van der Waals surface area (Å²) in [5.74, 6) is -0.740. The molecule has 0 saturated heterocycles. The Morgan fingerprint density at radius 1 is 1.21 bits per heavy atom. The highest BCUT2D eigenvalue weighted by Crippen LogP contribution is 2.27. The van der Waals surface area contributed by atoms with E-state index in [0.29, 0.717) is 28.7 Å². The van der Waals surface area contributed by atoms with E-state index in [0.717, 1.165) is 5.56 Å². The van der Waals surface area contributed by atoms with Crippen LogP contribution >= 0.6 is 0 Å². The third-order valence-electron chi connectivity index (χ3n) is 4.52. The number of amides is 2. The summed E-state index contributed by atoms with van der Waals surface area (Å²) < 4.78 is 10.4. The monoisotopic (exact) mass is 390 g/mol. The lowest BCUT2D eigenvalue weighted by atomic mass is 10.0. The fourth-order valence-electron chi connectivity index (χ4n) is 3.09. The predicted molar refractivity (Wildman–Crippen MR) is 108 cm³/mol. The average molecular weight is 390 g/mol. The summed E-state index contributed by atoms with van der Waals surface area (Å²) in [6, 6.07) is 14.0. The number of nitrogens with one attached hydrogen (secondary N) is 1. The van der Waals surface area contributed by atoms with Crippen molar-refractivity contribution >= 4 is 28.9 Å². The van der Waals surface area contributed by atoms with E-state index >= 15 is 0 Å². The van der Waals surface area contributed by atoms with Gasteiger partial charge in [-0.05, 0) is 49.4 Å². The van der Waals surface area contributed by atoms with E-state index in [-0.39, 0.29) is 0 Å². The van der Waals surface area contributed by atoms with Crippen LogP contribution in [0.25, 0.3) is 11.5 Å². The summed E-state index contributed by atoms with van der Waals surface area (Å²) in [5, 5.41) is 8.29. The van der Waals surface area contributed by atoms with Gasteiger partial charge in [0, 0.05) is 11.3 Å². The largest absolute Gasteiger partial charge is 0.497 e. The van der Waals surface area contributed by atoms with Crippen LogP contribution in [0.5, 0.6) is 5.75 Å². The van der Waals surface area contributed by atoms with Gasteiger partial charge in [0.1, 0.15) is 12.0 Å². The predicted octanol–water partition coefficient (Wildman–Crippen LogP) is 3.33. The first-order valence-corrected chi connectivity index (χ1v) is 8.91. The number of carbonyl (C=O) groups excluding carboxylic acids is 2. The Morgan fingerprint density at radius 3 is 2.69 bits per heavy atom. The summed E-state index contributed by atoms with van der Waals surface area (Å²) >= 11 is 0. The quantitative estimate of drug-likeness (QED) is 0.674. The van der Waals surface area contributed by atoms with Crippen LogP contribution in [0, 0.1) is 5.92 Å². The second-order valence-corrected chi connectivity index (χ2v) is 6.43.